The first kappa shape index (κ1) is 22.8. The second-order valence-electron chi connectivity index (χ2n) is 7.26. The maximum atomic E-state index is 12.5. The Hall–Kier alpha value is -1.48. The number of esters is 1. The lowest BCUT2D eigenvalue weighted by molar-refractivity contribution is -0.919. The Bertz CT molecular complexity index is 705. The maximum Gasteiger partial charge on any atom is 0.338 e. The van der Waals surface area contributed by atoms with Crippen molar-refractivity contribution in [3.63, 3.8) is 0 Å². The standard InChI is InChI=1S/C22H28NO4.HI/c1-23(12-14-25-15-13-23)16-21(18-26-17-19-8-4-2-5-9-19)27-22(24)20-10-6-3-7-11-20;/h2-11,21H,12-18H2,1H3;1H/q+1;/p-1. The van der Waals surface area contributed by atoms with E-state index in [9.17, 15) is 4.79 Å². The van der Waals surface area contributed by atoms with Crippen molar-refractivity contribution in [2.45, 2.75) is 12.7 Å². The van der Waals surface area contributed by atoms with Crippen LogP contribution in [0, 0.1) is 0 Å². The van der Waals surface area contributed by atoms with Crippen LogP contribution in [0.25, 0.3) is 0 Å². The third kappa shape index (κ3) is 7.16. The molecule has 1 fully saturated rings. The first-order valence-corrected chi connectivity index (χ1v) is 9.44. The first-order chi connectivity index (χ1) is 13.1. The second-order valence-corrected chi connectivity index (χ2v) is 7.26. The van der Waals surface area contributed by atoms with E-state index in [0.717, 1.165) is 42.9 Å². The lowest BCUT2D eigenvalue weighted by atomic mass is 10.2. The first-order valence-electron chi connectivity index (χ1n) is 9.44. The van der Waals surface area contributed by atoms with Crippen LogP contribution in [0.3, 0.4) is 0 Å². The van der Waals surface area contributed by atoms with Gasteiger partial charge in [0, 0.05) is 0 Å². The van der Waals surface area contributed by atoms with Crippen molar-refractivity contribution < 1.29 is 47.5 Å². The highest BCUT2D eigenvalue weighted by Gasteiger charge is 2.31. The number of quaternary nitrogens is 1. The molecular formula is C22H28INO4. The summed E-state index contributed by atoms with van der Waals surface area (Å²) in [5.74, 6) is -0.302. The van der Waals surface area contributed by atoms with E-state index < -0.39 is 0 Å². The molecule has 0 aliphatic carbocycles. The molecule has 1 aliphatic heterocycles. The van der Waals surface area contributed by atoms with Crippen molar-refractivity contribution in [2.75, 3.05) is 46.5 Å². The molecule has 152 valence electrons. The van der Waals surface area contributed by atoms with Gasteiger partial charge in [0.2, 0.25) is 0 Å². The molecule has 0 radical (unpaired) electrons. The van der Waals surface area contributed by atoms with Gasteiger partial charge in [-0.05, 0) is 17.7 Å². The summed E-state index contributed by atoms with van der Waals surface area (Å²) in [4.78, 5) is 12.5. The van der Waals surface area contributed by atoms with Crippen LogP contribution in [0.15, 0.2) is 60.7 Å². The molecule has 5 nitrogen and oxygen atoms in total. The van der Waals surface area contributed by atoms with Gasteiger partial charge in [0.05, 0.1) is 39.0 Å². The maximum absolute atomic E-state index is 12.5. The summed E-state index contributed by atoms with van der Waals surface area (Å²) < 4.78 is 18.0. The highest BCUT2D eigenvalue weighted by molar-refractivity contribution is 5.89. The Morgan fingerprint density at radius 2 is 1.64 bits per heavy atom. The van der Waals surface area contributed by atoms with Gasteiger partial charge in [0.15, 0.2) is 6.10 Å². The predicted molar refractivity (Wildman–Crippen MR) is 103 cm³/mol. The average Bonchev–Trinajstić information content (AvgIpc) is 2.69. The third-order valence-electron chi connectivity index (χ3n) is 4.89. The number of likely N-dealkylation sites (N-methyl/N-ethyl adjacent to an activating group) is 1. The molecule has 1 unspecified atom stereocenters. The fourth-order valence-electron chi connectivity index (χ4n) is 3.26. The monoisotopic (exact) mass is 497 g/mol. The number of benzene rings is 2. The van der Waals surface area contributed by atoms with Gasteiger partial charge >= 0.3 is 5.97 Å². The molecule has 0 saturated carbocycles. The molecule has 3 rings (SSSR count). The van der Waals surface area contributed by atoms with E-state index in [1.807, 2.05) is 48.5 Å². The fraction of sp³-hybridized carbons (Fsp3) is 0.409. The van der Waals surface area contributed by atoms with Crippen LogP contribution in [0.2, 0.25) is 0 Å². The van der Waals surface area contributed by atoms with E-state index in [-0.39, 0.29) is 36.0 Å². The van der Waals surface area contributed by atoms with Crippen LogP contribution < -0.4 is 24.0 Å². The Kier molecular flexibility index (Phi) is 9.37. The molecule has 1 saturated heterocycles. The molecule has 1 atom stereocenters. The quantitative estimate of drug-likeness (QED) is 0.291. The van der Waals surface area contributed by atoms with E-state index in [1.54, 1.807) is 12.1 Å². The molecule has 0 spiro atoms. The Morgan fingerprint density at radius 3 is 2.29 bits per heavy atom. The number of hydrogen-bond acceptors (Lipinski definition) is 4. The molecule has 6 heteroatoms. The fourth-order valence-corrected chi connectivity index (χ4v) is 3.26. The molecular weight excluding hydrogens is 469 g/mol. The number of halogens is 1. The number of ether oxygens (including phenoxy) is 3. The average molecular weight is 497 g/mol. The zero-order valence-electron chi connectivity index (χ0n) is 16.3. The van der Waals surface area contributed by atoms with Crippen molar-refractivity contribution in [1.82, 2.24) is 0 Å². The van der Waals surface area contributed by atoms with E-state index >= 15 is 0 Å². The SMILES string of the molecule is C[N+]1(CC(COCc2ccccc2)OC(=O)c2ccccc2)CCOCC1.[I-]. The second kappa shape index (κ2) is 11.5. The van der Waals surface area contributed by atoms with Gasteiger partial charge in [0.1, 0.15) is 19.6 Å². The molecule has 0 amide bonds. The van der Waals surface area contributed by atoms with Crippen molar-refractivity contribution in [3.05, 3.63) is 71.8 Å². The van der Waals surface area contributed by atoms with Gasteiger partial charge in [-0.2, -0.15) is 0 Å². The summed E-state index contributed by atoms with van der Waals surface area (Å²) >= 11 is 0. The normalized spacial score (nSPS) is 16.6. The molecule has 0 aromatic heterocycles. The number of morpholine rings is 1. The van der Waals surface area contributed by atoms with Crippen molar-refractivity contribution in [3.8, 4) is 0 Å². The van der Waals surface area contributed by atoms with Gasteiger partial charge in [-0.3, -0.25) is 0 Å². The number of carbonyl (C=O) groups excluding carboxylic acids is 1. The molecule has 28 heavy (non-hydrogen) atoms. The molecule has 1 aliphatic rings. The Labute approximate surface area is 184 Å². The number of rotatable bonds is 8. The van der Waals surface area contributed by atoms with Crippen LogP contribution in [0.5, 0.6) is 0 Å². The van der Waals surface area contributed by atoms with Crippen LogP contribution in [-0.4, -0.2) is 63.1 Å². The topological polar surface area (TPSA) is 44.8 Å². The largest absolute Gasteiger partial charge is 1.00 e. The lowest BCUT2D eigenvalue weighted by Gasteiger charge is -2.39. The van der Waals surface area contributed by atoms with Crippen molar-refractivity contribution >= 4 is 5.97 Å². The van der Waals surface area contributed by atoms with E-state index in [4.69, 9.17) is 14.2 Å². The van der Waals surface area contributed by atoms with E-state index in [0.29, 0.717) is 18.8 Å². The molecule has 2 aromatic rings. The third-order valence-corrected chi connectivity index (χ3v) is 4.89. The molecule has 2 aromatic carbocycles. The molecule has 0 bridgehead atoms. The minimum Gasteiger partial charge on any atom is -1.00 e. The van der Waals surface area contributed by atoms with Crippen LogP contribution in [0.4, 0.5) is 0 Å². The van der Waals surface area contributed by atoms with Crippen molar-refractivity contribution in [2.24, 2.45) is 0 Å². The Morgan fingerprint density at radius 1 is 1.04 bits per heavy atom. The Balaban J connectivity index is 0.00000280. The highest BCUT2D eigenvalue weighted by atomic mass is 127. The summed E-state index contributed by atoms with van der Waals surface area (Å²) in [6.45, 7) is 4.91. The molecule has 1 heterocycles. The number of nitrogens with zero attached hydrogens (tertiary/aromatic N) is 1. The van der Waals surface area contributed by atoms with Crippen LogP contribution >= 0.6 is 0 Å². The van der Waals surface area contributed by atoms with Gasteiger partial charge in [-0.25, -0.2) is 4.79 Å². The van der Waals surface area contributed by atoms with E-state index in [1.165, 1.54) is 0 Å². The zero-order valence-corrected chi connectivity index (χ0v) is 18.4. The predicted octanol–water partition coefficient (Wildman–Crippen LogP) is -0.0904. The zero-order chi connectivity index (χ0) is 19.0. The van der Waals surface area contributed by atoms with E-state index in [2.05, 4.69) is 7.05 Å². The van der Waals surface area contributed by atoms with Crippen LogP contribution in [0.1, 0.15) is 15.9 Å². The minimum absolute atomic E-state index is 0. The smallest absolute Gasteiger partial charge is 0.338 e. The molecule has 0 N–H and O–H groups in total. The number of carbonyl (C=O) groups is 1. The van der Waals surface area contributed by atoms with Gasteiger partial charge in [-0.1, -0.05) is 48.5 Å². The summed E-state index contributed by atoms with van der Waals surface area (Å²) in [5, 5.41) is 0. The van der Waals surface area contributed by atoms with Gasteiger partial charge in [0.25, 0.3) is 0 Å². The summed E-state index contributed by atoms with van der Waals surface area (Å²) in [5.41, 5.74) is 1.67. The lowest BCUT2D eigenvalue weighted by Crippen LogP contribution is -3.00. The van der Waals surface area contributed by atoms with Gasteiger partial charge in [-0.15, -0.1) is 0 Å². The number of hydrogen-bond donors (Lipinski definition) is 0. The van der Waals surface area contributed by atoms with Crippen molar-refractivity contribution in [1.29, 1.82) is 0 Å². The highest BCUT2D eigenvalue weighted by Crippen LogP contribution is 2.13. The van der Waals surface area contributed by atoms with Crippen LogP contribution in [-0.2, 0) is 20.8 Å². The summed E-state index contributed by atoms with van der Waals surface area (Å²) in [6, 6.07) is 19.1. The minimum atomic E-state index is -0.302. The summed E-state index contributed by atoms with van der Waals surface area (Å²) in [7, 11) is 2.18. The summed E-state index contributed by atoms with van der Waals surface area (Å²) in [6.07, 6.45) is -0.301. The van der Waals surface area contributed by atoms with Gasteiger partial charge < -0.3 is 42.7 Å².